The van der Waals surface area contributed by atoms with Gasteiger partial charge in [-0.3, -0.25) is 9.78 Å². The van der Waals surface area contributed by atoms with Crippen molar-refractivity contribution < 1.29 is 9.53 Å². The van der Waals surface area contributed by atoms with Gasteiger partial charge in [-0.1, -0.05) is 25.1 Å². The van der Waals surface area contributed by atoms with Crippen molar-refractivity contribution in [1.82, 2.24) is 10.3 Å². The highest BCUT2D eigenvalue weighted by Gasteiger charge is 2.06. The molecule has 2 aromatic rings. The largest absolute Gasteiger partial charge is 0.496 e. The fourth-order valence-electron chi connectivity index (χ4n) is 2.17. The van der Waals surface area contributed by atoms with E-state index in [0.717, 1.165) is 18.6 Å². The van der Waals surface area contributed by atoms with Crippen molar-refractivity contribution in [3.8, 4) is 5.75 Å². The van der Waals surface area contributed by atoms with E-state index in [4.69, 9.17) is 4.74 Å². The van der Waals surface area contributed by atoms with Gasteiger partial charge in [-0.25, -0.2) is 0 Å². The number of hydrogen-bond donors (Lipinski definition) is 1. The number of aromatic nitrogens is 1. The molecule has 1 aromatic heterocycles. The lowest BCUT2D eigenvalue weighted by Gasteiger charge is -2.10. The number of nitrogens with one attached hydrogen (secondary N) is 1. The van der Waals surface area contributed by atoms with Crippen molar-refractivity contribution >= 4 is 5.91 Å². The van der Waals surface area contributed by atoms with Gasteiger partial charge in [-0.2, -0.15) is 0 Å². The Morgan fingerprint density at radius 1 is 1.29 bits per heavy atom. The Labute approximate surface area is 125 Å². The SMILES string of the molecule is CCc1cc(CCNC(=O)c2ccccn2)ccc1OC. The molecule has 1 heterocycles. The molecule has 21 heavy (non-hydrogen) atoms. The minimum absolute atomic E-state index is 0.139. The second-order valence-electron chi connectivity index (χ2n) is 4.72. The van der Waals surface area contributed by atoms with E-state index in [-0.39, 0.29) is 5.91 Å². The molecule has 0 radical (unpaired) electrons. The molecule has 0 aliphatic rings. The topological polar surface area (TPSA) is 51.2 Å². The molecule has 0 fully saturated rings. The maximum absolute atomic E-state index is 11.9. The zero-order valence-electron chi connectivity index (χ0n) is 12.4. The van der Waals surface area contributed by atoms with E-state index in [1.807, 2.05) is 12.1 Å². The summed E-state index contributed by atoms with van der Waals surface area (Å²) in [6, 6.07) is 11.4. The van der Waals surface area contributed by atoms with Crippen LogP contribution in [0.3, 0.4) is 0 Å². The standard InChI is InChI=1S/C17H20N2O2/c1-3-14-12-13(7-8-16(14)21-2)9-11-19-17(20)15-6-4-5-10-18-15/h4-8,10,12H,3,9,11H2,1-2H3,(H,19,20). The Morgan fingerprint density at radius 3 is 2.81 bits per heavy atom. The van der Waals surface area contributed by atoms with Crippen LogP contribution in [-0.2, 0) is 12.8 Å². The molecule has 0 aliphatic heterocycles. The van der Waals surface area contributed by atoms with Crippen molar-refractivity contribution in [3.05, 3.63) is 59.4 Å². The predicted octanol–water partition coefficient (Wildman–Crippen LogP) is 2.63. The number of ether oxygens (including phenoxy) is 1. The lowest BCUT2D eigenvalue weighted by atomic mass is 10.1. The van der Waals surface area contributed by atoms with Gasteiger partial charge in [0.15, 0.2) is 0 Å². The molecule has 0 atom stereocenters. The number of methoxy groups -OCH3 is 1. The summed E-state index contributed by atoms with van der Waals surface area (Å²) in [4.78, 5) is 15.9. The van der Waals surface area contributed by atoms with Crippen LogP contribution in [0.2, 0.25) is 0 Å². The number of carbonyl (C=O) groups excluding carboxylic acids is 1. The van der Waals surface area contributed by atoms with Crippen LogP contribution in [0.25, 0.3) is 0 Å². The smallest absolute Gasteiger partial charge is 0.269 e. The van der Waals surface area contributed by atoms with Gasteiger partial charge in [0.2, 0.25) is 0 Å². The summed E-state index contributed by atoms with van der Waals surface area (Å²) >= 11 is 0. The summed E-state index contributed by atoms with van der Waals surface area (Å²) in [7, 11) is 1.68. The number of carbonyl (C=O) groups is 1. The van der Waals surface area contributed by atoms with Crippen LogP contribution < -0.4 is 10.1 Å². The third-order valence-corrected chi connectivity index (χ3v) is 3.32. The third kappa shape index (κ3) is 4.05. The minimum atomic E-state index is -0.139. The van der Waals surface area contributed by atoms with Crippen LogP contribution in [0.15, 0.2) is 42.6 Å². The van der Waals surface area contributed by atoms with E-state index in [2.05, 4.69) is 23.3 Å². The molecule has 4 heteroatoms. The summed E-state index contributed by atoms with van der Waals surface area (Å²) in [5.74, 6) is 0.776. The molecule has 0 saturated carbocycles. The van der Waals surface area contributed by atoms with E-state index in [1.165, 1.54) is 11.1 Å². The van der Waals surface area contributed by atoms with E-state index in [9.17, 15) is 4.79 Å². The van der Waals surface area contributed by atoms with Crippen LogP contribution in [0.5, 0.6) is 5.75 Å². The van der Waals surface area contributed by atoms with Crippen LogP contribution in [0.4, 0.5) is 0 Å². The molecular formula is C17H20N2O2. The number of aryl methyl sites for hydroxylation is 1. The summed E-state index contributed by atoms with van der Waals surface area (Å²) in [6.45, 7) is 2.69. The summed E-state index contributed by atoms with van der Waals surface area (Å²) in [6.07, 6.45) is 3.33. The Hall–Kier alpha value is -2.36. The van der Waals surface area contributed by atoms with Crippen molar-refractivity contribution in [2.24, 2.45) is 0 Å². The zero-order valence-corrected chi connectivity index (χ0v) is 12.4. The maximum atomic E-state index is 11.9. The monoisotopic (exact) mass is 284 g/mol. The Bertz CT molecular complexity index is 597. The zero-order chi connectivity index (χ0) is 15.1. The molecule has 0 unspecified atom stereocenters. The maximum Gasteiger partial charge on any atom is 0.269 e. The molecule has 4 nitrogen and oxygen atoms in total. The first-order valence-electron chi connectivity index (χ1n) is 7.09. The van der Waals surface area contributed by atoms with Gasteiger partial charge in [0, 0.05) is 12.7 Å². The average Bonchev–Trinajstić information content (AvgIpc) is 2.55. The fraction of sp³-hybridized carbons (Fsp3) is 0.294. The number of pyridine rings is 1. The van der Waals surface area contributed by atoms with E-state index in [0.29, 0.717) is 12.2 Å². The average molecular weight is 284 g/mol. The fourth-order valence-corrected chi connectivity index (χ4v) is 2.17. The molecule has 1 amide bonds. The molecular weight excluding hydrogens is 264 g/mol. The normalized spacial score (nSPS) is 10.2. The van der Waals surface area contributed by atoms with E-state index in [1.54, 1.807) is 31.5 Å². The first-order valence-corrected chi connectivity index (χ1v) is 7.09. The Balaban J connectivity index is 1.90. The highest BCUT2D eigenvalue weighted by atomic mass is 16.5. The number of benzene rings is 1. The first kappa shape index (κ1) is 15.0. The summed E-state index contributed by atoms with van der Waals surface area (Å²) in [5.41, 5.74) is 2.82. The molecule has 2 rings (SSSR count). The Morgan fingerprint density at radius 2 is 2.14 bits per heavy atom. The first-order chi connectivity index (χ1) is 10.2. The Kier molecular flexibility index (Phi) is 5.32. The molecule has 1 N–H and O–H groups in total. The summed E-state index contributed by atoms with van der Waals surface area (Å²) < 4.78 is 5.31. The molecule has 0 bridgehead atoms. The second-order valence-corrected chi connectivity index (χ2v) is 4.72. The van der Waals surface area contributed by atoms with Gasteiger partial charge >= 0.3 is 0 Å². The van der Waals surface area contributed by atoms with Crippen molar-refractivity contribution in [2.75, 3.05) is 13.7 Å². The van der Waals surface area contributed by atoms with Gasteiger partial charge in [-0.15, -0.1) is 0 Å². The molecule has 0 aliphatic carbocycles. The number of nitrogens with zero attached hydrogens (tertiary/aromatic N) is 1. The number of amides is 1. The molecule has 0 spiro atoms. The second kappa shape index (κ2) is 7.43. The van der Waals surface area contributed by atoms with Crippen molar-refractivity contribution in [3.63, 3.8) is 0 Å². The number of hydrogen-bond acceptors (Lipinski definition) is 3. The molecule has 0 saturated heterocycles. The molecule has 110 valence electrons. The lowest BCUT2D eigenvalue weighted by Crippen LogP contribution is -2.26. The molecule has 1 aromatic carbocycles. The van der Waals surface area contributed by atoms with Gasteiger partial charge < -0.3 is 10.1 Å². The third-order valence-electron chi connectivity index (χ3n) is 3.32. The highest BCUT2D eigenvalue weighted by molar-refractivity contribution is 5.92. The highest BCUT2D eigenvalue weighted by Crippen LogP contribution is 2.20. The van der Waals surface area contributed by atoms with Crippen LogP contribution in [-0.4, -0.2) is 24.5 Å². The summed E-state index contributed by atoms with van der Waals surface area (Å²) in [5, 5.41) is 2.88. The van der Waals surface area contributed by atoms with Crippen LogP contribution in [0, 0.1) is 0 Å². The minimum Gasteiger partial charge on any atom is -0.496 e. The number of rotatable bonds is 6. The van der Waals surface area contributed by atoms with Crippen molar-refractivity contribution in [2.45, 2.75) is 19.8 Å². The van der Waals surface area contributed by atoms with Crippen LogP contribution >= 0.6 is 0 Å². The van der Waals surface area contributed by atoms with E-state index < -0.39 is 0 Å². The van der Waals surface area contributed by atoms with Gasteiger partial charge in [0.25, 0.3) is 5.91 Å². The van der Waals surface area contributed by atoms with Gasteiger partial charge in [0.05, 0.1) is 7.11 Å². The van der Waals surface area contributed by atoms with Crippen molar-refractivity contribution in [1.29, 1.82) is 0 Å². The quantitative estimate of drug-likeness (QED) is 0.887. The lowest BCUT2D eigenvalue weighted by molar-refractivity contribution is 0.0949. The van der Waals surface area contributed by atoms with Crippen LogP contribution in [0.1, 0.15) is 28.5 Å². The van der Waals surface area contributed by atoms with E-state index >= 15 is 0 Å². The van der Waals surface area contributed by atoms with Gasteiger partial charge in [0.1, 0.15) is 11.4 Å². The predicted molar refractivity (Wildman–Crippen MR) is 82.6 cm³/mol. The van der Waals surface area contributed by atoms with Gasteiger partial charge in [-0.05, 0) is 42.2 Å².